The maximum Gasteiger partial charge on any atom is 0.313 e. The molecule has 0 radical (unpaired) electrons. The van der Waals surface area contributed by atoms with Crippen LogP contribution in [0.1, 0.15) is 38.5 Å². The molecular formula is C17H28N2O4. The van der Waals surface area contributed by atoms with Gasteiger partial charge in [0.25, 0.3) is 0 Å². The van der Waals surface area contributed by atoms with Crippen molar-refractivity contribution in [1.29, 1.82) is 0 Å². The minimum atomic E-state index is -1.00. The molecule has 0 bridgehead atoms. The molecule has 6 nitrogen and oxygen atoms in total. The smallest absolute Gasteiger partial charge is 0.313 e. The fourth-order valence-electron chi connectivity index (χ4n) is 3.72. The number of amides is 1. The number of piperidine rings is 1. The Balaban J connectivity index is 1.97. The van der Waals surface area contributed by atoms with Gasteiger partial charge in [0.2, 0.25) is 5.91 Å². The van der Waals surface area contributed by atoms with Gasteiger partial charge in [-0.3, -0.25) is 9.59 Å². The molecule has 3 unspecified atom stereocenters. The predicted molar refractivity (Wildman–Crippen MR) is 86.8 cm³/mol. The number of hydrogen-bond donors (Lipinski definition) is 2. The Morgan fingerprint density at radius 3 is 2.87 bits per heavy atom. The van der Waals surface area contributed by atoms with Crippen LogP contribution in [-0.4, -0.2) is 54.7 Å². The van der Waals surface area contributed by atoms with E-state index >= 15 is 0 Å². The SMILES string of the molecule is COCC1(C(=O)O)CCCN(C(=O)C(N)CC2CC=CCC2)C1. The maximum absolute atomic E-state index is 12.6. The number of carboxylic acid groups (broad SMARTS) is 1. The lowest BCUT2D eigenvalue weighted by Gasteiger charge is -2.40. The van der Waals surface area contributed by atoms with Gasteiger partial charge in [-0.2, -0.15) is 0 Å². The minimum Gasteiger partial charge on any atom is -0.481 e. The Hall–Kier alpha value is -1.40. The van der Waals surface area contributed by atoms with Gasteiger partial charge in [-0.05, 0) is 44.4 Å². The molecule has 6 heteroatoms. The zero-order valence-corrected chi connectivity index (χ0v) is 13.9. The molecule has 0 aromatic rings. The van der Waals surface area contributed by atoms with Gasteiger partial charge < -0.3 is 20.5 Å². The van der Waals surface area contributed by atoms with Gasteiger partial charge in [-0.25, -0.2) is 0 Å². The third kappa shape index (κ3) is 4.32. The number of likely N-dealkylation sites (tertiary alicyclic amines) is 1. The quantitative estimate of drug-likeness (QED) is 0.720. The van der Waals surface area contributed by atoms with E-state index in [1.807, 2.05) is 0 Å². The molecule has 1 fully saturated rings. The summed E-state index contributed by atoms with van der Waals surface area (Å²) in [6.45, 7) is 0.887. The summed E-state index contributed by atoms with van der Waals surface area (Å²) >= 11 is 0. The van der Waals surface area contributed by atoms with Gasteiger partial charge >= 0.3 is 5.97 Å². The number of hydrogen-bond acceptors (Lipinski definition) is 4. The fraction of sp³-hybridized carbons (Fsp3) is 0.765. The van der Waals surface area contributed by atoms with Gasteiger partial charge in [0.1, 0.15) is 5.41 Å². The summed E-state index contributed by atoms with van der Waals surface area (Å²) in [5, 5.41) is 9.56. The summed E-state index contributed by atoms with van der Waals surface area (Å²) in [6.07, 6.45) is 9.28. The first kappa shape index (κ1) is 17.9. The molecular weight excluding hydrogens is 296 g/mol. The molecule has 0 saturated carbocycles. The molecule has 1 amide bonds. The molecule has 0 spiro atoms. The average Bonchev–Trinajstić information content (AvgIpc) is 2.55. The monoisotopic (exact) mass is 324 g/mol. The first-order valence-corrected chi connectivity index (χ1v) is 8.40. The lowest BCUT2D eigenvalue weighted by Crippen LogP contribution is -2.55. The molecule has 1 aliphatic heterocycles. The van der Waals surface area contributed by atoms with Crippen LogP contribution in [0.3, 0.4) is 0 Å². The van der Waals surface area contributed by atoms with Crippen molar-refractivity contribution in [3.05, 3.63) is 12.2 Å². The van der Waals surface area contributed by atoms with Gasteiger partial charge in [0, 0.05) is 20.2 Å². The summed E-state index contributed by atoms with van der Waals surface area (Å²) in [4.78, 5) is 25.9. The van der Waals surface area contributed by atoms with Crippen LogP contribution < -0.4 is 5.73 Å². The molecule has 2 aliphatic rings. The third-order valence-corrected chi connectivity index (χ3v) is 5.04. The van der Waals surface area contributed by atoms with Crippen LogP contribution in [0.5, 0.6) is 0 Å². The Labute approximate surface area is 137 Å². The van der Waals surface area contributed by atoms with Crippen LogP contribution in [0.2, 0.25) is 0 Å². The van der Waals surface area contributed by atoms with Crippen LogP contribution in [-0.2, 0) is 14.3 Å². The highest BCUT2D eigenvalue weighted by molar-refractivity contribution is 5.83. The number of allylic oxidation sites excluding steroid dienone is 2. The van der Waals surface area contributed by atoms with Crippen molar-refractivity contribution in [1.82, 2.24) is 4.90 Å². The standard InChI is InChI=1S/C17H28N2O4/c1-23-12-17(16(21)22)8-5-9-19(11-17)15(20)14(18)10-13-6-3-2-4-7-13/h2-3,13-14H,4-12,18H2,1H3,(H,21,22). The van der Waals surface area contributed by atoms with Crippen molar-refractivity contribution in [2.45, 2.75) is 44.6 Å². The van der Waals surface area contributed by atoms with Crippen molar-refractivity contribution in [2.75, 3.05) is 26.8 Å². The van der Waals surface area contributed by atoms with E-state index in [2.05, 4.69) is 12.2 Å². The van der Waals surface area contributed by atoms with Gasteiger partial charge in [-0.15, -0.1) is 0 Å². The molecule has 0 aromatic carbocycles. The van der Waals surface area contributed by atoms with Crippen LogP contribution >= 0.6 is 0 Å². The number of rotatable bonds is 6. The second kappa shape index (κ2) is 7.93. The normalized spacial score (nSPS) is 29.3. The topological polar surface area (TPSA) is 92.9 Å². The van der Waals surface area contributed by atoms with Crippen molar-refractivity contribution in [3.8, 4) is 0 Å². The number of carbonyl (C=O) groups excluding carboxylic acids is 1. The number of carboxylic acids is 1. The first-order chi connectivity index (χ1) is 11.0. The highest BCUT2D eigenvalue weighted by Crippen LogP contribution is 2.31. The number of nitrogens with zero attached hydrogens (tertiary/aromatic N) is 1. The van der Waals surface area contributed by atoms with E-state index < -0.39 is 17.4 Å². The second-order valence-corrected chi connectivity index (χ2v) is 6.87. The Bertz CT molecular complexity index is 462. The zero-order valence-electron chi connectivity index (χ0n) is 13.9. The van der Waals surface area contributed by atoms with Gasteiger partial charge in [0.15, 0.2) is 0 Å². The molecule has 1 saturated heterocycles. The molecule has 23 heavy (non-hydrogen) atoms. The zero-order chi connectivity index (χ0) is 16.9. The van der Waals surface area contributed by atoms with E-state index in [1.165, 1.54) is 7.11 Å². The number of nitrogens with two attached hydrogens (primary N) is 1. The summed E-state index contributed by atoms with van der Waals surface area (Å²) < 4.78 is 5.10. The number of carbonyl (C=O) groups is 2. The van der Waals surface area contributed by atoms with Gasteiger partial charge in [-0.1, -0.05) is 12.2 Å². The van der Waals surface area contributed by atoms with E-state index in [9.17, 15) is 14.7 Å². The second-order valence-electron chi connectivity index (χ2n) is 6.87. The van der Waals surface area contributed by atoms with E-state index in [1.54, 1.807) is 4.90 Å². The Kier molecular flexibility index (Phi) is 6.18. The summed E-state index contributed by atoms with van der Waals surface area (Å²) in [5.74, 6) is -0.573. The lowest BCUT2D eigenvalue weighted by atomic mass is 9.80. The van der Waals surface area contributed by atoms with E-state index in [0.29, 0.717) is 31.7 Å². The van der Waals surface area contributed by atoms with Crippen LogP contribution in [0.4, 0.5) is 0 Å². The van der Waals surface area contributed by atoms with E-state index in [4.69, 9.17) is 10.5 Å². The molecule has 3 atom stereocenters. The summed E-state index contributed by atoms with van der Waals surface area (Å²) in [6, 6.07) is -0.543. The molecule has 3 N–H and O–H groups in total. The maximum atomic E-state index is 12.6. The Morgan fingerprint density at radius 2 is 2.26 bits per heavy atom. The lowest BCUT2D eigenvalue weighted by molar-refractivity contribution is -0.159. The summed E-state index contributed by atoms with van der Waals surface area (Å²) in [7, 11) is 1.49. The number of aliphatic carboxylic acids is 1. The van der Waals surface area contributed by atoms with Crippen molar-refractivity contribution < 1.29 is 19.4 Å². The summed E-state index contributed by atoms with van der Waals surface area (Å²) in [5.41, 5.74) is 5.12. The van der Waals surface area contributed by atoms with E-state index in [0.717, 1.165) is 19.3 Å². The van der Waals surface area contributed by atoms with Crippen molar-refractivity contribution >= 4 is 11.9 Å². The van der Waals surface area contributed by atoms with Crippen LogP contribution in [0.15, 0.2) is 12.2 Å². The highest BCUT2D eigenvalue weighted by Gasteiger charge is 2.44. The third-order valence-electron chi connectivity index (χ3n) is 5.04. The highest BCUT2D eigenvalue weighted by atomic mass is 16.5. The largest absolute Gasteiger partial charge is 0.481 e. The number of ether oxygens (including phenoxy) is 1. The minimum absolute atomic E-state index is 0.120. The molecule has 1 heterocycles. The van der Waals surface area contributed by atoms with Crippen LogP contribution in [0.25, 0.3) is 0 Å². The molecule has 1 aliphatic carbocycles. The number of methoxy groups -OCH3 is 1. The molecule has 0 aromatic heterocycles. The first-order valence-electron chi connectivity index (χ1n) is 8.40. The van der Waals surface area contributed by atoms with Crippen molar-refractivity contribution in [2.24, 2.45) is 17.1 Å². The van der Waals surface area contributed by atoms with Gasteiger partial charge in [0.05, 0.1) is 12.6 Å². The van der Waals surface area contributed by atoms with E-state index in [-0.39, 0.29) is 19.1 Å². The predicted octanol–water partition coefficient (Wildman–Crippen LogP) is 1.40. The molecule has 130 valence electrons. The fourth-order valence-corrected chi connectivity index (χ4v) is 3.72. The van der Waals surface area contributed by atoms with Crippen molar-refractivity contribution in [3.63, 3.8) is 0 Å². The Morgan fingerprint density at radius 1 is 1.48 bits per heavy atom. The average molecular weight is 324 g/mol. The van der Waals surface area contributed by atoms with Crippen LogP contribution in [0, 0.1) is 11.3 Å². The molecule has 2 rings (SSSR count).